The Balaban J connectivity index is 2.29. The minimum absolute atomic E-state index is 0.508. The first-order valence-electron chi connectivity index (χ1n) is 6.83. The predicted molar refractivity (Wildman–Crippen MR) is 76.7 cm³/mol. The first-order chi connectivity index (χ1) is 11.4. The van der Waals surface area contributed by atoms with Gasteiger partial charge in [0.25, 0.3) is 5.91 Å². The molecule has 4 nitrogen and oxygen atoms in total. The highest BCUT2D eigenvalue weighted by molar-refractivity contribution is 5.95. The molecule has 8 heteroatoms. The Bertz CT molecular complexity index is 710. The van der Waals surface area contributed by atoms with Crippen LogP contribution in [0.3, 0.4) is 0 Å². The minimum Gasteiger partial charge on any atom is -0.432 e. The van der Waals surface area contributed by atoms with Crippen LogP contribution < -0.4 is 10.1 Å². The van der Waals surface area contributed by atoms with Gasteiger partial charge in [-0.1, -0.05) is 30.3 Å². The smallest absolute Gasteiger partial charge is 0.387 e. The van der Waals surface area contributed by atoms with Crippen LogP contribution in [0, 0.1) is 11.6 Å². The van der Waals surface area contributed by atoms with Crippen molar-refractivity contribution in [3.63, 3.8) is 0 Å². The lowest BCUT2D eigenvalue weighted by atomic mass is 10.1. The van der Waals surface area contributed by atoms with Crippen LogP contribution in [-0.4, -0.2) is 24.2 Å². The summed E-state index contributed by atoms with van der Waals surface area (Å²) >= 11 is 0. The van der Waals surface area contributed by atoms with Gasteiger partial charge in [0.1, 0.15) is 11.4 Å². The summed E-state index contributed by atoms with van der Waals surface area (Å²) in [6.45, 7) is -3.85. The van der Waals surface area contributed by atoms with Crippen LogP contribution in [-0.2, 0) is 0 Å². The molecular weight excluding hydrogens is 330 g/mol. The largest absolute Gasteiger partial charge is 0.432 e. The van der Waals surface area contributed by atoms with E-state index in [9.17, 15) is 27.5 Å². The fourth-order valence-electron chi connectivity index (χ4n) is 2.08. The summed E-state index contributed by atoms with van der Waals surface area (Å²) in [5, 5.41) is 11.6. The average Bonchev–Trinajstić information content (AvgIpc) is 2.56. The molecule has 0 aromatic heterocycles. The Kier molecular flexibility index (Phi) is 5.75. The number of alkyl halides is 2. The van der Waals surface area contributed by atoms with Crippen molar-refractivity contribution in [2.45, 2.75) is 12.7 Å². The van der Waals surface area contributed by atoms with Crippen molar-refractivity contribution in [2.75, 3.05) is 6.61 Å². The zero-order valence-electron chi connectivity index (χ0n) is 12.2. The Morgan fingerprint density at radius 1 is 1.12 bits per heavy atom. The van der Waals surface area contributed by atoms with E-state index in [1.54, 1.807) is 30.3 Å². The van der Waals surface area contributed by atoms with E-state index in [1.165, 1.54) is 0 Å². The number of hydrogen-bond acceptors (Lipinski definition) is 3. The molecule has 0 spiro atoms. The Hall–Kier alpha value is -2.61. The highest BCUT2D eigenvalue weighted by Gasteiger charge is 2.25. The lowest BCUT2D eigenvalue weighted by molar-refractivity contribution is -0.0523. The third-order valence-corrected chi connectivity index (χ3v) is 3.19. The molecule has 0 saturated heterocycles. The summed E-state index contributed by atoms with van der Waals surface area (Å²) < 4.78 is 56.2. The normalized spacial score (nSPS) is 12.1. The van der Waals surface area contributed by atoms with Gasteiger partial charge in [-0.2, -0.15) is 8.78 Å². The fraction of sp³-hybridized carbons (Fsp3) is 0.188. The van der Waals surface area contributed by atoms with E-state index in [1.807, 2.05) is 0 Å². The summed E-state index contributed by atoms with van der Waals surface area (Å²) in [7, 11) is 0. The zero-order valence-corrected chi connectivity index (χ0v) is 12.2. The lowest BCUT2D eigenvalue weighted by Gasteiger charge is -2.18. The molecule has 1 amide bonds. The number of rotatable bonds is 6. The number of aliphatic hydroxyl groups excluding tert-OH is 1. The lowest BCUT2D eigenvalue weighted by Crippen LogP contribution is -2.32. The van der Waals surface area contributed by atoms with Crippen molar-refractivity contribution >= 4 is 5.91 Å². The third-order valence-electron chi connectivity index (χ3n) is 3.19. The number of halogens is 4. The second-order valence-electron chi connectivity index (χ2n) is 4.73. The van der Waals surface area contributed by atoms with Crippen molar-refractivity contribution in [1.82, 2.24) is 5.32 Å². The average molecular weight is 343 g/mol. The maximum Gasteiger partial charge on any atom is 0.387 e. The van der Waals surface area contributed by atoms with Gasteiger partial charge in [-0.15, -0.1) is 0 Å². The summed E-state index contributed by atoms with van der Waals surface area (Å²) in [6, 6.07) is 8.61. The molecule has 0 unspecified atom stereocenters. The minimum atomic E-state index is -3.32. The van der Waals surface area contributed by atoms with Crippen LogP contribution >= 0.6 is 0 Å². The molecule has 0 radical (unpaired) electrons. The molecule has 24 heavy (non-hydrogen) atoms. The van der Waals surface area contributed by atoms with E-state index in [4.69, 9.17) is 0 Å². The number of aliphatic hydroxyl groups is 1. The quantitative estimate of drug-likeness (QED) is 0.793. The number of hydrogen-bond donors (Lipinski definition) is 2. The second kappa shape index (κ2) is 7.78. The Morgan fingerprint density at radius 2 is 1.79 bits per heavy atom. The van der Waals surface area contributed by atoms with Crippen LogP contribution in [0.5, 0.6) is 5.75 Å². The predicted octanol–water partition coefficient (Wildman–Crippen LogP) is 3.03. The van der Waals surface area contributed by atoms with Gasteiger partial charge in [0, 0.05) is 0 Å². The molecule has 0 saturated carbocycles. The number of nitrogens with one attached hydrogen (secondary N) is 1. The first-order valence-corrected chi connectivity index (χ1v) is 6.83. The van der Waals surface area contributed by atoms with Crippen molar-refractivity contribution < 1.29 is 32.2 Å². The first kappa shape index (κ1) is 17.7. The second-order valence-corrected chi connectivity index (χ2v) is 4.73. The van der Waals surface area contributed by atoms with Crippen LogP contribution in [0.1, 0.15) is 22.0 Å². The summed E-state index contributed by atoms with van der Waals surface area (Å²) in [4.78, 5) is 12.1. The Morgan fingerprint density at radius 3 is 2.38 bits per heavy atom. The highest BCUT2D eigenvalue weighted by atomic mass is 19.3. The summed E-state index contributed by atoms with van der Waals surface area (Å²) in [5.74, 6) is -4.93. The van der Waals surface area contributed by atoms with Gasteiger partial charge in [0.2, 0.25) is 0 Å². The van der Waals surface area contributed by atoms with Gasteiger partial charge >= 0.3 is 6.61 Å². The fourth-order valence-corrected chi connectivity index (χ4v) is 2.08. The number of ether oxygens (including phenoxy) is 1. The summed E-state index contributed by atoms with van der Waals surface area (Å²) in [5.41, 5.74) is -0.559. The number of benzene rings is 2. The van der Waals surface area contributed by atoms with E-state index in [2.05, 4.69) is 10.1 Å². The van der Waals surface area contributed by atoms with Gasteiger partial charge in [-0.3, -0.25) is 4.79 Å². The van der Waals surface area contributed by atoms with Crippen LogP contribution in [0.2, 0.25) is 0 Å². The van der Waals surface area contributed by atoms with E-state index < -0.39 is 48.1 Å². The SMILES string of the molecule is O=C(N[C@H](CO)c1ccccc1)c1c(F)ccc(OC(F)F)c1F. The van der Waals surface area contributed by atoms with Crippen molar-refractivity contribution in [3.05, 3.63) is 65.2 Å². The number of carbonyl (C=O) groups is 1. The number of amides is 1. The van der Waals surface area contributed by atoms with E-state index >= 15 is 0 Å². The molecule has 128 valence electrons. The molecule has 2 aromatic rings. The topological polar surface area (TPSA) is 58.6 Å². The molecule has 0 heterocycles. The maximum absolute atomic E-state index is 14.1. The van der Waals surface area contributed by atoms with Crippen molar-refractivity contribution in [1.29, 1.82) is 0 Å². The number of carbonyl (C=O) groups excluding carboxylic acids is 1. The monoisotopic (exact) mass is 343 g/mol. The highest BCUT2D eigenvalue weighted by Crippen LogP contribution is 2.25. The van der Waals surface area contributed by atoms with Crippen LogP contribution in [0.15, 0.2) is 42.5 Å². The Labute approximate surface area is 134 Å². The van der Waals surface area contributed by atoms with Gasteiger partial charge < -0.3 is 15.2 Å². The molecule has 0 aliphatic rings. The van der Waals surface area contributed by atoms with Crippen molar-refractivity contribution in [2.24, 2.45) is 0 Å². The van der Waals surface area contributed by atoms with Crippen molar-refractivity contribution in [3.8, 4) is 5.75 Å². The van der Waals surface area contributed by atoms with Gasteiger partial charge in [0.05, 0.1) is 12.6 Å². The van der Waals surface area contributed by atoms with Gasteiger partial charge in [0.15, 0.2) is 11.6 Å². The molecule has 1 atom stereocenters. The molecule has 0 bridgehead atoms. The van der Waals surface area contributed by atoms with Gasteiger partial charge in [-0.25, -0.2) is 8.78 Å². The van der Waals surface area contributed by atoms with E-state index in [0.717, 1.165) is 0 Å². The molecule has 2 aromatic carbocycles. The van der Waals surface area contributed by atoms with Crippen LogP contribution in [0.4, 0.5) is 17.6 Å². The molecule has 0 aliphatic heterocycles. The van der Waals surface area contributed by atoms with Crippen LogP contribution in [0.25, 0.3) is 0 Å². The maximum atomic E-state index is 14.1. The molecular formula is C16H13F4NO3. The molecule has 2 rings (SSSR count). The standard InChI is InChI=1S/C16H13F4NO3/c17-10-6-7-12(24-16(19)20)14(18)13(10)15(23)21-11(8-22)9-4-2-1-3-5-9/h1-7,11,16,22H,8H2,(H,21,23)/t11-/m1/s1. The van der Waals surface area contributed by atoms with Gasteiger partial charge in [-0.05, 0) is 17.7 Å². The van der Waals surface area contributed by atoms with E-state index in [0.29, 0.717) is 17.7 Å². The van der Waals surface area contributed by atoms with E-state index in [-0.39, 0.29) is 0 Å². The summed E-state index contributed by atoms with van der Waals surface area (Å²) in [6.07, 6.45) is 0. The third kappa shape index (κ3) is 4.02. The molecule has 0 fully saturated rings. The zero-order chi connectivity index (χ0) is 17.7. The molecule has 0 aliphatic carbocycles. The molecule has 2 N–H and O–H groups in total.